The smallest absolute Gasteiger partial charge is 0.264 e. The van der Waals surface area contributed by atoms with Crippen LogP contribution >= 0.6 is 11.6 Å². The van der Waals surface area contributed by atoms with Crippen LogP contribution in [0.1, 0.15) is 41.1 Å². The fourth-order valence-corrected chi connectivity index (χ4v) is 5.92. The minimum atomic E-state index is -4.01. The van der Waals surface area contributed by atoms with Crippen molar-refractivity contribution in [3.05, 3.63) is 87.9 Å². The highest BCUT2D eigenvalue weighted by molar-refractivity contribution is 7.92. The summed E-state index contributed by atoms with van der Waals surface area (Å²) >= 11 is 6.32. The van der Waals surface area contributed by atoms with E-state index in [2.05, 4.69) is 5.32 Å². The minimum Gasteiger partial charge on any atom is -0.497 e. The quantitative estimate of drug-likeness (QED) is 0.462. The Hall–Kier alpha value is -3.03. The topological polar surface area (TPSA) is 75.7 Å². The molecule has 1 amide bonds. The van der Waals surface area contributed by atoms with E-state index in [1.54, 1.807) is 49.6 Å². The Morgan fingerprint density at radius 2 is 1.83 bits per heavy atom. The van der Waals surface area contributed by atoms with Gasteiger partial charge in [-0.1, -0.05) is 41.4 Å². The van der Waals surface area contributed by atoms with Crippen molar-refractivity contribution >= 4 is 33.2 Å². The molecular formula is C27H29ClN2O4S. The lowest BCUT2D eigenvalue weighted by molar-refractivity contribution is -0.120. The zero-order chi connectivity index (χ0) is 25.2. The van der Waals surface area contributed by atoms with E-state index in [1.807, 2.05) is 32.0 Å². The van der Waals surface area contributed by atoms with E-state index < -0.39 is 10.0 Å². The molecule has 0 radical (unpaired) electrons. The van der Waals surface area contributed by atoms with Crippen molar-refractivity contribution in [3.63, 3.8) is 0 Å². The number of rotatable bonds is 7. The lowest BCUT2D eigenvalue weighted by Gasteiger charge is -2.29. The Balaban J connectivity index is 1.63. The van der Waals surface area contributed by atoms with E-state index in [9.17, 15) is 13.2 Å². The van der Waals surface area contributed by atoms with Gasteiger partial charge in [-0.25, -0.2) is 8.42 Å². The first-order valence-electron chi connectivity index (χ1n) is 11.5. The molecule has 0 saturated carbocycles. The molecule has 1 aliphatic carbocycles. The first-order chi connectivity index (χ1) is 16.7. The predicted molar refractivity (Wildman–Crippen MR) is 139 cm³/mol. The molecule has 8 heteroatoms. The van der Waals surface area contributed by atoms with Crippen LogP contribution in [0.4, 0.5) is 5.69 Å². The largest absolute Gasteiger partial charge is 0.497 e. The number of ether oxygens (including phenoxy) is 1. The first-order valence-corrected chi connectivity index (χ1v) is 13.3. The van der Waals surface area contributed by atoms with Crippen molar-refractivity contribution in [3.8, 4) is 5.75 Å². The van der Waals surface area contributed by atoms with E-state index in [1.165, 1.54) is 0 Å². The van der Waals surface area contributed by atoms with Gasteiger partial charge in [-0.3, -0.25) is 9.10 Å². The van der Waals surface area contributed by atoms with Gasteiger partial charge in [-0.05, 0) is 86.2 Å². The molecule has 0 heterocycles. The highest BCUT2D eigenvalue weighted by Crippen LogP contribution is 2.33. The highest BCUT2D eigenvalue weighted by atomic mass is 35.5. The van der Waals surface area contributed by atoms with E-state index in [0.717, 1.165) is 51.6 Å². The third kappa shape index (κ3) is 5.46. The summed E-state index contributed by atoms with van der Waals surface area (Å²) in [5, 5.41) is 3.49. The maximum Gasteiger partial charge on any atom is 0.264 e. The molecule has 35 heavy (non-hydrogen) atoms. The maximum atomic E-state index is 13.6. The van der Waals surface area contributed by atoms with Gasteiger partial charge in [0.15, 0.2) is 0 Å². The predicted octanol–water partition coefficient (Wildman–Crippen LogP) is 5.35. The summed E-state index contributed by atoms with van der Waals surface area (Å²) in [6, 6.07) is 17.2. The number of benzene rings is 3. The third-order valence-corrected chi connectivity index (χ3v) is 8.53. The number of aryl methyl sites for hydroxylation is 3. The van der Waals surface area contributed by atoms with E-state index >= 15 is 0 Å². The number of anilines is 1. The molecule has 4 rings (SSSR count). The number of amides is 1. The molecule has 184 valence electrons. The van der Waals surface area contributed by atoms with Gasteiger partial charge in [0.05, 0.1) is 23.7 Å². The molecule has 1 unspecified atom stereocenters. The van der Waals surface area contributed by atoms with Gasteiger partial charge >= 0.3 is 0 Å². The van der Waals surface area contributed by atoms with Gasteiger partial charge in [0.25, 0.3) is 10.0 Å². The van der Waals surface area contributed by atoms with Gasteiger partial charge in [0.1, 0.15) is 12.3 Å². The molecule has 0 fully saturated rings. The lowest BCUT2D eigenvalue weighted by atomic mass is 9.87. The zero-order valence-electron chi connectivity index (χ0n) is 20.0. The molecule has 1 atom stereocenters. The van der Waals surface area contributed by atoms with Crippen LogP contribution in [0.5, 0.6) is 5.75 Å². The average Bonchev–Trinajstić information content (AvgIpc) is 2.84. The summed E-state index contributed by atoms with van der Waals surface area (Å²) in [7, 11) is -2.38. The Kier molecular flexibility index (Phi) is 7.38. The van der Waals surface area contributed by atoms with Gasteiger partial charge < -0.3 is 10.1 Å². The van der Waals surface area contributed by atoms with Crippen LogP contribution in [0, 0.1) is 13.8 Å². The monoisotopic (exact) mass is 512 g/mol. The minimum absolute atomic E-state index is 0.114. The normalized spacial score (nSPS) is 15.3. The summed E-state index contributed by atoms with van der Waals surface area (Å²) < 4.78 is 33.7. The van der Waals surface area contributed by atoms with Gasteiger partial charge in [0, 0.05) is 5.02 Å². The molecule has 6 nitrogen and oxygen atoms in total. The fraction of sp³-hybridized carbons (Fsp3) is 0.296. The number of nitrogens with zero attached hydrogens (tertiary/aromatic N) is 1. The second-order valence-corrected chi connectivity index (χ2v) is 11.1. The number of halogens is 1. The van der Waals surface area contributed by atoms with Crippen LogP contribution in [-0.2, 0) is 21.2 Å². The van der Waals surface area contributed by atoms with Crippen LogP contribution in [0.15, 0.2) is 65.6 Å². The second-order valence-electron chi connectivity index (χ2n) is 8.84. The number of nitrogens with one attached hydrogen (secondary N) is 1. The number of fused-ring (bicyclic) bond motifs is 1. The van der Waals surface area contributed by atoms with E-state index in [-0.39, 0.29) is 23.4 Å². The summed E-state index contributed by atoms with van der Waals surface area (Å²) in [5.74, 6) is 0.397. The number of carbonyl (C=O) groups is 1. The van der Waals surface area contributed by atoms with Gasteiger partial charge in [-0.15, -0.1) is 0 Å². The van der Waals surface area contributed by atoms with Crippen LogP contribution in [-0.4, -0.2) is 28.0 Å². The molecular weight excluding hydrogens is 484 g/mol. The maximum absolute atomic E-state index is 13.6. The van der Waals surface area contributed by atoms with Crippen molar-refractivity contribution in [1.82, 2.24) is 5.32 Å². The van der Waals surface area contributed by atoms with E-state index in [4.69, 9.17) is 16.3 Å². The second kappa shape index (κ2) is 10.3. The molecule has 0 aromatic heterocycles. The van der Waals surface area contributed by atoms with Crippen molar-refractivity contribution in [2.75, 3.05) is 18.0 Å². The molecule has 0 bridgehead atoms. The molecule has 3 aromatic rings. The molecule has 1 aliphatic rings. The zero-order valence-corrected chi connectivity index (χ0v) is 21.6. The number of carbonyl (C=O) groups excluding carboxylic acids is 1. The SMILES string of the molecule is COc1ccc2c(c1)CCCC2NC(=O)CN(c1ccc(C)c(Cl)c1)S(=O)(=O)c1ccc(C)cc1. The average molecular weight is 513 g/mol. The van der Waals surface area contributed by atoms with Crippen molar-refractivity contribution in [2.24, 2.45) is 0 Å². The molecule has 0 spiro atoms. The fourth-order valence-electron chi connectivity index (χ4n) is 4.33. The summed E-state index contributed by atoms with van der Waals surface area (Å²) in [6.45, 7) is 3.36. The Bertz CT molecular complexity index is 1340. The van der Waals surface area contributed by atoms with Crippen LogP contribution in [0.3, 0.4) is 0 Å². The number of methoxy groups -OCH3 is 1. The summed E-state index contributed by atoms with van der Waals surface area (Å²) in [5.41, 5.74) is 4.28. The lowest BCUT2D eigenvalue weighted by Crippen LogP contribution is -2.42. The van der Waals surface area contributed by atoms with Gasteiger partial charge in [-0.2, -0.15) is 0 Å². The molecule has 1 N–H and O–H groups in total. The molecule has 0 saturated heterocycles. The van der Waals surface area contributed by atoms with E-state index in [0.29, 0.717) is 10.7 Å². The number of hydrogen-bond acceptors (Lipinski definition) is 4. The summed E-state index contributed by atoms with van der Waals surface area (Å²) in [4.78, 5) is 13.4. The Morgan fingerprint density at radius 3 is 2.51 bits per heavy atom. The van der Waals surface area contributed by atoms with Crippen LogP contribution in [0.2, 0.25) is 5.02 Å². The standard InChI is InChI=1S/C27H29ClN2O4S/c1-18-7-12-23(13-8-18)35(32,33)30(21-10-9-19(2)25(28)16-21)17-27(31)29-26-6-4-5-20-15-22(34-3)11-14-24(20)26/h7-16,26H,4-6,17H2,1-3H3,(H,29,31). The van der Waals surface area contributed by atoms with Gasteiger partial charge in [0.2, 0.25) is 5.91 Å². The Morgan fingerprint density at radius 1 is 1.09 bits per heavy atom. The third-order valence-electron chi connectivity index (χ3n) is 6.34. The van der Waals surface area contributed by atoms with Crippen molar-refractivity contribution < 1.29 is 17.9 Å². The first kappa shape index (κ1) is 25.1. The Labute approximate surface area is 211 Å². The molecule has 0 aliphatic heterocycles. The number of sulfonamides is 1. The number of hydrogen-bond donors (Lipinski definition) is 1. The van der Waals surface area contributed by atoms with Crippen molar-refractivity contribution in [1.29, 1.82) is 0 Å². The van der Waals surface area contributed by atoms with Crippen LogP contribution < -0.4 is 14.4 Å². The van der Waals surface area contributed by atoms with Crippen molar-refractivity contribution in [2.45, 2.75) is 44.0 Å². The molecule has 3 aromatic carbocycles. The van der Waals surface area contributed by atoms with Crippen LogP contribution in [0.25, 0.3) is 0 Å². The summed E-state index contributed by atoms with van der Waals surface area (Å²) in [6.07, 6.45) is 2.62. The highest BCUT2D eigenvalue weighted by Gasteiger charge is 2.29.